The van der Waals surface area contributed by atoms with Crippen LogP contribution in [-0.2, 0) is 0 Å². The molecule has 0 amide bonds. The number of H-pyrrole nitrogens is 1. The first-order chi connectivity index (χ1) is 7.34. The van der Waals surface area contributed by atoms with E-state index in [9.17, 15) is 0 Å². The van der Waals surface area contributed by atoms with E-state index in [0.29, 0.717) is 22.1 Å². The van der Waals surface area contributed by atoms with E-state index in [0.717, 1.165) is 5.56 Å². The first-order valence-corrected chi connectivity index (χ1v) is 4.65. The van der Waals surface area contributed by atoms with Crippen molar-refractivity contribution in [2.45, 2.75) is 0 Å². The van der Waals surface area contributed by atoms with E-state index in [1.54, 1.807) is 6.07 Å². The molecule has 0 unspecified atom stereocenters. The van der Waals surface area contributed by atoms with Crippen molar-refractivity contribution in [3.05, 3.63) is 29.3 Å². The van der Waals surface area contributed by atoms with E-state index >= 15 is 0 Å². The van der Waals surface area contributed by atoms with Gasteiger partial charge in [0.05, 0.1) is 5.02 Å². The Morgan fingerprint density at radius 2 is 2.07 bits per heavy atom. The summed E-state index contributed by atoms with van der Waals surface area (Å²) < 4.78 is 4.50. The number of hydrogen-bond donors (Lipinski definition) is 1. The third kappa shape index (κ3) is 1.28. The Kier molecular flexibility index (Phi) is 1.72. The van der Waals surface area contributed by atoms with Gasteiger partial charge in [0.25, 0.3) is 0 Å². The lowest BCUT2D eigenvalue weighted by Crippen LogP contribution is -1.81. The molecule has 0 saturated carbocycles. The average molecular weight is 221 g/mol. The van der Waals surface area contributed by atoms with Gasteiger partial charge in [-0.25, -0.2) is 9.61 Å². The first-order valence-electron chi connectivity index (χ1n) is 4.28. The maximum absolute atomic E-state index is 6.03. The molecule has 2 heterocycles. The van der Waals surface area contributed by atoms with E-state index in [2.05, 4.69) is 24.9 Å². The Bertz CT molecular complexity index is 587. The minimum absolute atomic E-state index is 0.449. The second-order valence-electron chi connectivity index (χ2n) is 3.00. The summed E-state index contributed by atoms with van der Waals surface area (Å²) in [4.78, 5) is 7.17. The molecule has 0 aliphatic rings. The second kappa shape index (κ2) is 3.06. The van der Waals surface area contributed by atoms with E-state index in [4.69, 9.17) is 11.6 Å². The summed E-state index contributed by atoms with van der Waals surface area (Å²) in [6.45, 7) is 0. The monoisotopic (exact) mass is 220 g/mol. The second-order valence-corrected chi connectivity index (χ2v) is 3.41. The quantitative estimate of drug-likeness (QED) is 0.683. The molecule has 0 spiro atoms. The fourth-order valence-corrected chi connectivity index (χ4v) is 1.59. The highest BCUT2D eigenvalue weighted by molar-refractivity contribution is 6.33. The average Bonchev–Trinajstić information content (AvgIpc) is 2.77. The lowest BCUT2D eigenvalue weighted by atomic mass is 10.2. The number of aromatic amines is 1. The van der Waals surface area contributed by atoms with Gasteiger partial charge in [-0.3, -0.25) is 0 Å². The Morgan fingerprint density at radius 3 is 2.87 bits per heavy atom. The van der Waals surface area contributed by atoms with Crippen LogP contribution in [0.1, 0.15) is 0 Å². The molecule has 2 aromatic heterocycles. The molecule has 15 heavy (non-hydrogen) atoms. The fraction of sp³-hybridized carbons (Fsp3) is 0. The molecule has 74 valence electrons. The van der Waals surface area contributed by atoms with Crippen molar-refractivity contribution in [1.82, 2.24) is 20.3 Å². The van der Waals surface area contributed by atoms with Crippen LogP contribution in [0.2, 0.25) is 5.02 Å². The summed E-state index contributed by atoms with van der Waals surface area (Å²) >= 11 is 6.03. The zero-order chi connectivity index (χ0) is 10.3. The minimum Gasteiger partial charge on any atom is -0.318 e. The molecule has 3 rings (SSSR count). The van der Waals surface area contributed by atoms with Gasteiger partial charge in [0.2, 0.25) is 11.3 Å². The van der Waals surface area contributed by atoms with Crippen LogP contribution in [0.15, 0.2) is 28.9 Å². The third-order valence-electron chi connectivity index (χ3n) is 2.05. The predicted octanol–water partition coefficient (Wildman–Crippen LogP) is 2.27. The highest BCUT2D eigenvalue weighted by Crippen LogP contribution is 2.25. The number of nitrogens with one attached hydrogen (secondary N) is 1. The van der Waals surface area contributed by atoms with Crippen LogP contribution in [0.3, 0.4) is 0 Å². The SMILES string of the molecule is Clc1ccccc1-c1nc2nonc2[nH]1. The van der Waals surface area contributed by atoms with Crippen LogP contribution in [0, 0.1) is 0 Å². The van der Waals surface area contributed by atoms with Crippen LogP contribution < -0.4 is 0 Å². The Labute approximate surface area is 89.0 Å². The molecule has 0 aliphatic carbocycles. The van der Waals surface area contributed by atoms with Gasteiger partial charge in [0.15, 0.2) is 0 Å². The summed E-state index contributed by atoms with van der Waals surface area (Å²) in [5, 5.41) is 7.90. The molecule has 0 aliphatic heterocycles. The van der Waals surface area contributed by atoms with E-state index < -0.39 is 0 Å². The first kappa shape index (κ1) is 8.43. The topological polar surface area (TPSA) is 67.6 Å². The van der Waals surface area contributed by atoms with Gasteiger partial charge in [0, 0.05) is 5.56 Å². The molecule has 0 fully saturated rings. The number of halogens is 1. The van der Waals surface area contributed by atoms with Crippen LogP contribution in [-0.4, -0.2) is 20.3 Å². The molecule has 5 nitrogen and oxygen atoms in total. The van der Waals surface area contributed by atoms with Gasteiger partial charge in [-0.1, -0.05) is 23.7 Å². The summed E-state index contributed by atoms with van der Waals surface area (Å²) in [7, 11) is 0. The number of hydrogen-bond acceptors (Lipinski definition) is 4. The van der Waals surface area contributed by atoms with Gasteiger partial charge in [-0.05, 0) is 22.4 Å². The van der Waals surface area contributed by atoms with E-state index in [1.165, 1.54) is 0 Å². The van der Waals surface area contributed by atoms with Crippen molar-refractivity contribution in [3.8, 4) is 11.4 Å². The summed E-state index contributed by atoms with van der Waals surface area (Å²) in [5.41, 5.74) is 1.79. The molecule has 1 aromatic carbocycles. The molecule has 0 radical (unpaired) electrons. The molecule has 1 N–H and O–H groups in total. The lowest BCUT2D eigenvalue weighted by molar-refractivity contribution is 0.313. The number of aromatic nitrogens is 4. The zero-order valence-electron chi connectivity index (χ0n) is 7.44. The van der Waals surface area contributed by atoms with E-state index in [1.807, 2.05) is 18.2 Å². The van der Waals surface area contributed by atoms with Crippen molar-refractivity contribution < 1.29 is 4.63 Å². The summed E-state index contributed by atoms with van der Waals surface area (Å²) in [6, 6.07) is 7.42. The van der Waals surface area contributed by atoms with Crippen LogP contribution >= 0.6 is 11.6 Å². The molecule has 3 aromatic rings. The van der Waals surface area contributed by atoms with Crippen molar-refractivity contribution in [2.75, 3.05) is 0 Å². The van der Waals surface area contributed by atoms with Crippen molar-refractivity contribution in [3.63, 3.8) is 0 Å². The van der Waals surface area contributed by atoms with Crippen LogP contribution in [0.5, 0.6) is 0 Å². The lowest BCUT2D eigenvalue weighted by Gasteiger charge is -1.97. The maximum atomic E-state index is 6.03. The molecule has 0 atom stereocenters. The molecular weight excluding hydrogens is 216 g/mol. The number of nitrogens with zero attached hydrogens (tertiary/aromatic N) is 3. The number of benzene rings is 1. The van der Waals surface area contributed by atoms with Gasteiger partial charge in [-0.15, -0.1) is 0 Å². The van der Waals surface area contributed by atoms with Gasteiger partial charge in [0.1, 0.15) is 5.82 Å². The number of fused-ring (bicyclic) bond motifs is 1. The van der Waals surface area contributed by atoms with Crippen molar-refractivity contribution in [2.24, 2.45) is 0 Å². The highest BCUT2D eigenvalue weighted by Gasteiger charge is 2.11. The molecular formula is C9H5ClN4O. The maximum Gasteiger partial charge on any atom is 0.243 e. The summed E-state index contributed by atoms with van der Waals surface area (Å²) in [6.07, 6.45) is 0. The van der Waals surface area contributed by atoms with Crippen molar-refractivity contribution in [1.29, 1.82) is 0 Å². The van der Waals surface area contributed by atoms with Gasteiger partial charge in [-0.2, -0.15) is 0 Å². The normalized spacial score (nSPS) is 11.0. The third-order valence-corrected chi connectivity index (χ3v) is 2.38. The fourth-order valence-electron chi connectivity index (χ4n) is 1.36. The van der Waals surface area contributed by atoms with Gasteiger partial charge >= 0.3 is 0 Å². The smallest absolute Gasteiger partial charge is 0.243 e. The number of rotatable bonds is 1. The largest absolute Gasteiger partial charge is 0.318 e. The van der Waals surface area contributed by atoms with Crippen molar-refractivity contribution >= 4 is 22.9 Å². The minimum atomic E-state index is 0.449. The predicted molar refractivity (Wildman–Crippen MR) is 54.4 cm³/mol. The molecule has 6 heteroatoms. The Balaban J connectivity index is 2.22. The zero-order valence-corrected chi connectivity index (χ0v) is 8.19. The van der Waals surface area contributed by atoms with Gasteiger partial charge < -0.3 is 4.98 Å². The molecule has 0 saturated heterocycles. The molecule has 0 bridgehead atoms. The Hall–Kier alpha value is -1.88. The van der Waals surface area contributed by atoms with Crippen LogP contribution in [0.4, 0.5) is 0 Å². The standard InChI is InChI=1S/C9H5ClN4O/c10-6-4-2-1-3-5(6)7-11-8-9(12-7)14-15-13-8/h1-4H,(H,11,12,13,14). The van der Waals surface area contributed by atoms with Crippen LogP contribution in [0.25, 0.3) is 22.7 Å². The highest BCUT2D eigenvalue weighted by atomic mass is 35.5. The Morgan fingerprint density at radius 1 is 1.20 bits per heavy atom. The summed E-state index contributed by atoms with van der Waals surface area (Å²) in [5.74, 6) is 0.640. The van der Waals surface area contributed by atoms with E-state index in [-0.39, 0.29) is 0 Å². The number of imidazole rings is 1.